The lowest BCUT2D eigenvalue weighted by Gasteiger charge is -2.13. The van der Waals surface area contributed by atoms with Crippen molar-refractivity contribution in [3.8, 4) is 11.5 Å². The molecule has 178 valence electrons. The molecular formula is C23H21ClN2O7S. The Morgan fingerprint density at radius 3 is 2.62 bits per heavy atom. The standard InChI is InChI=1S/C23H21ClN2O7S/c1-3-32-21(28)13-33-17-9-8-14(10-18(17)31-2)11-19-22(29)26(23(30)34-19)12-20(27)25-16-7-5-4-6-15(16)24/h4-11H,3,12-13H2,1-2H3,(H,25,27)/b19-11+. The van der Waals surface area contributed by atoms with E-state index >= 15 is 0 Å². The molecule has 1 aliphatic rings. The minimum atomic E-state index is -0.592. The van der Waals surface area contributed by atoms with Crippen LogP contribution >= 0.6 is 23.4 Å². The number of rotatable bonds is 9. The van der Waals surface area contributed by atoms with E-state index in [0.29, 0.717) is 27.8 Å². The number of para-hydroxylation sites is 1. The molecule has 0 radical (unpaired) electrons. The number of nitrogens with zero attached hydrogens (tertiary/aromatic N) is 1. The Morgan fingerprint density at radius 1 is 1.15 bits per heavy atom. The minimum Gasteiger partial charge on any atom is -0.493 e. The number of imide groups is 1. The molecule has 11 heteroatoms. The third kappa shape index (κ3) is 6.30. The van der Waals surface area contributed by atoms with Gasteiger partial charge in [-0.3, -0.25) is 19.3 Å². The molecule has 0 aliphatic carbocycles. The van der Waals surface area contributed by atoms with Crippen LogP contribution in [0, 0.1) is 0 Å². The number of carbonyl (C=O) groups is 4. The number of methoxy groups -OCH3 is 1. The molecule has 2 aromatic carbocycles. The summed E-state index contributed by atoms with van der Waals surface area (Å²) in [6.07, 6.45) is 1.51. The second-order valence-corrected chi connectivity index (χ2v) is 8.20. The minimum absolute atomic E-state index is 0.151. The molecule has 0 saturated carbocycles. The zero-order valence-electron chi connectivity index (χ0n) is 18.3. The summed E-state index contributed by atoms with van der Waals surface area (Å²) in [5.41, 5.74) is 0.945. The Kier molecular flexibility index (Phi) is 8.55. The van der Waals surface area contributed by atoms with Crippen molar-refractivity contribution in [1.29, 1.82) is 0 Å². The van der Waals surface area contributed by atoms with Crippen LogP contribution in [0.4, 0.5) is 10.5 Å². The van der Waals surface area contributed by atoms with Gasteiger partial charge in [-0.25, -0.2) is 4.79 Å². The molecule has 0 aromatic heterocycles. The Balaban J connectivity index is 1.68. The van der Waals surface area contributed by atoms with E-state index in [1.807, 2.05) is 0 Å². The highest BCUT2D eigenvalue weighted by Gasteiger charge is 2.36. The van der Waals surface area contributed by atoms with Crippen LogP contribution in [0.3, 0.4) is 0 Å². The van der Waals surface area contributed by atoms with E-state index in [4.69, 9.17) is 25.8 Å². The Bertz CT molecular complexity index is 1150. The van der Waals surface area contributed by atoms with Crippen LogP contribution in [-0.2, 0) is 19.1 Å². The van der Waals surface area contributed by atoms with Gasteiger partial charge in [-0.05, 0) is 54.6 Å². The summed E-state index contributed by atoms with van der Waals surface area (Å²) in [6.45, 7) is 1.21. The van der Waals surface area contributed by atoms with Gasteiger partial charge in [0.2, 0.25) is 5.91 Å². The average molecular weight is 505 g/mol. The van der Waals surface area contributed by atoms with E-state index in [-0.39, 0.29) is 18.1 Å². The molecule has 1 saturated heterocycles. The highest BCUT2D eigenvalue weighted by atomic mass is 35.5. The summed E-state index contributed by atoms with van der Waals surface area (Å²) in [7, 11) is 1.43. The summed E-state index contributed by atoms with van der Waals surface area (Å²) < 4.78 is 15.5. The third-order valence-corrected chi connectivity index (χ3v) is 5.70. The first-order chi connectivity index (χ1) is 16.3. The lowest BCUT2D eigenvalue weighted by atomic mass is 10.2. The van der Waals surface area contributed by atoms with Crippen molar-refractivity contribution in [3.05, 3.63) is 58.0 Å². The number of hydrogen-bond donors (Lipinski definition) is 1. The molecule has 34 heavy (non-hydrogen) atoms. The first kappa shape index (κ1) is 25.1. The first-order valence-electron chi connectivity index (χ1n) is 10.1. The quantitative estimate of drug-likeness (QED) is 0.403. The number of amides is 3. The van der Waals surface area contributed by atoms with Crippen molar-refractivity contribution in [1.82, 2.24) is 4.90 Å². The SMILES string of the molecule is CCOC(=O)COc1ccc(/C=C2/SC(=O)N(CC(=O)Nc3ccccc3Cl)C2=O)cc1OC. The van der Waals surface area contributed by atoms with Crippen LogP contribution in [0.15, 0.2) is 47.4 Å². The fraction of sp³-hybridized carbons (Fsp3) is 0.217. The fourth-order valence-electron chi connectivity index (χ4n) is 2.92. The topological polar surface area (TPSA) is 111 Å². The second kappa shape index (κ2) is 11.6. The van der Waals surface area contributed by atoms with E-state index in [2.05, 4.69) is 5.32 Å². The molecule has 2 aromatic rings. The van der Waals surface area contributed by atoms with Crippen molar-refractivity contribution >= 4 is 58.1 Å². The Labute approximate surface area is 205 Å². The van der Waals surface area contributed by atoms with Gasteiger partial charge in [0.15, 0.2) is 18.1 Å². The van der Waals surface area contributed by atoms with E-state index in [0.717, 1.165) is 16.7 Å². The molecule has 0 spiro atoms. The lowest BCUT2D eigenvalue weighted by Crippen LogP contribution is -2.36. The van der Waals surface area contributed by atoms with Crippen LogP contribution in [0.1, 0.15) is 12.5 Å². The normalized spacial score (nSPS) is 14.3. The second-order valence-electron chi connectivity index (χ2n) is 6.80. The largest absolute Gasteiger partial charge is 0.493 e. The highest BCUT2D eigenvalue weighted by molar-refractivity contribution is 8.18. The molecule has 0 bridgehead atoms. The van der Waals surface area contributed by atoms with Gasteiger partial charge in [-0.1, -0.05) is 29.8 Å². The number of thioether (sulfide) groups is 1. The summed E-state index contributed by atoms with van der Waals surface area (Å²) in [5, 5.41) is 2.36. The maximum Gasteiger partial charge on any atom is 0.344 e. The van der Waals surface area contributed by atoms with E-state index in [1.165, 1.54) is 13.2 Å². The smallest absolute Gasteiger partial charge is 0.344 e. The van der Waals surface area contributed by atoms with Crippen LogP contribution in [0.25, 0.3) is 6.08 Å². The van der Waals surface area contributed by atoms with E-state index < -0.39 is 29.6 Å². The van der Waals surface area contributed by atoms with Gasteiger partial charge in [0.1, 0.15) is 6.54 Å². The highest BCUT2D eigenvalue weighted by Crippen LogP contribution is 2.34. The van der Waals surface area contributed by atoms with Crippen molar-refractivity contribution in [2.24, 2.45) is 0 Å². The van der Waals surface area contributed by atoms with Gasteiger partial charge in [-0.15, -0.1) is 0 Å². The van der Waals surface area contributed by atoms with Gasteiger partial charge in [-0.2, -0.15) is 0 Å². The zero-order chi connectivity index (χ0) is 24.7. The molecule has 3 rings (SSSR count). The summed E-state index contributed by atoms with van der Waals surface area (Å²) in [5.74, 6) is -1.01. The summed E-state index contributed by atoms with van der Waals surface area (Å²) in [4.78, 5) is 49.9. The number of halogens is 1. The van der Waals surface area contributed by atoms with Crippen molar-refractivity contribution in [3.63, 3.8) is 0 Å². The number of nitrogens with one attached hydrogen (secondary N) is 1. The predicted octanol–water partition coefficient (Wildman–Crippen LogP) is 3.97. The third-order valence-electron chi connectivity index (χ3n) is 4.46. The monoisotopic (exact) mass is 504 g/mol. The maximum absolute atomic E-state index is 12.7. The van der Waals surface area contributed by atoms with Crippen LogP contribution in [0.2, 0.25) is 5.02 Å². The zero-order valence-corrected chi connectivity index (χ0v) is 19.9. The van der Waals surface area contributed by atoms with Crippen molar-refractivity contribution in [2.45, 2.75) is 6.92 Å². The number of esters is 1. The van der Waals surface area contributed by atoms with E-state index in [9.17, 15) is 19.2 Å². The number of hydrogen-bond acceptors (Lipinski definition) is 8. The first-order valence-corrected chi connectivity index (χ1v) is 11.3. The summed E-state index contributed by atoms with van der Waals surface area (Å²) >= 11 is 6.75. The lowest BCUT2D eigenvalue weighted by molar-refractivity contribution is -0.145. The van der Waals surface area contributed by atoms with Crippen LogP contribution in [0.5, 0.6) is 11.5 Å². The molecule has 9 nitrogen and oxygen atoms in total. The van der Waals surface area contributed by atoms with E-state index in [1.54, 1.807) is 49.4 Å². The molecule has 1 fully saturated rings. The van der Waals surface area contributed by atoms with Crippen LogP contribution < -0.4 is 14.8 Å². The molecule has 1 aliphatic heterocycles. The van der Waals surface area contributed by atoms with Gasteiger partial charge in [0.25, 0.3) is 11.1 Å². The molecule has 0 unspecified atom stereocenters. The summed E-state index contributed by atoms with van der Waals surface area (Å²) in [6, 6.07) is 11.5. The Morgan fingerprint density at radius 2 is 1.91 bits per heavy atom. The Hall–Kier alpha value is -3.50. The van der Waals surface area contributed by atoms with Crippen molar-refractivity contribution in [2.75, 3.05) is 32.2 Å². The number of ether oxygens (including phenoxy) is 3. The van der Waals surface area contributed by atoms with Gasteiger partial charge >= 0.3 is 5.97 Å². The maximum atomic E-state index is 12.7. The van der Waals surface area contributed by atoms with Crippen molar-refractivity contribution < 1.29 is 33.4 Å². The molecular weight excluding hydrogens is 484 g/mol. The molecule has 3 amide bonds. The van der Waals surface area contributed by atoms with Crippen LogP contribution in [-0.4, -0.2) is 54.8 Å². The number of benzene rings is 2. The molecule has 1 N–H and O–H groups in total. The number of anilines is 1. The average Bonchev–Trinajstić information content (AvgIpc) is 3.07. The van der Waals surface area contributed by atoms with Gasteiger partial charge < -0.3 is 19.5 Å². The fourth-order valence-corrected chi connectivity index (χ4v) is 3.94. The molecule has 1 heterocycles. The van der Waals surface area contributed by atoms with Gasteiger partial charge in [0.05, 0.1) is 29.3 Å². The predicted molar refractivity (Wildman–Crippen MR) is 128 cm³/mol. The van der Waals surface area contributed by atoms with Gasteiger partial charge in [0, 0.05) is 0 Å². The number of carbonyl (C=O) groups excluding carboxylic acids is 4. The molecule has 0 atom stereocenters.